The number of esters is 1. The third-order valence-electron chi connectivity index (χ3n) is 0.935. The van der Waals surface area contributed by atoms with Crippen LogP contribution in [0.25, 0.3) is 0 Å². The third-order valence-corrected chi connectivity index (χ3v) is 0.935. The zero-order valence-electron chi connectivity index (χ0n) is 6.03. The molecule has 1 atom stereocenters. The van der Waals surface area contributed by atoms with Crippen molar-refractivity contribution in [3.63, 3.8) is 0 Å². The maximum Gasteiger partial charge on any atom is 0.457 e. The lowest BCUT2D eigenvalue weighted by atomic mass is 10.3. The molecule has 6 heteroatoms. The number of carbonyl (C=O) groups excluding carboxylic acids is 1. The number of ether oxygens (including phenoxy) is 1. The normalized spacial score (nSPS) is 14.3. The Labute approximate surface area is 61.5 Å². The van der Waals surface area contributed by atoms with E-state index in [1.54, 1.807) is 0 Å². The van der Waals surface area contributed by atoms with Crippen LogP contribution in [0.15, 0.2) is 0 Å². The molecule has 1 N–H and O–H groups in total. The van der Waals surface area contributed by atoms with Crippen molar-refractivity contribution in [3.8, 4) is 0 Å². The molecule has 0 aromatic heterocycles. The third kappa shape index (κ3) is 4.60. The topological polar surface area (TPSA) is 38.3 Å². The van der Waals surface area contributed by atoms with Gasteiger partial charge in [-0.15, -0.1) is 0 Å². The van der Waals surface area contributed by atoms with Gasteiger partial charge in [0.1, 0.15) is 6.04 Å². The number of hydrogen-bond donors (Lipinski definition) is 1. The summed E-state index contributed by atoms with van der Waals surface area (Å²) in [5.74, 6) is -0.942. The highest BCUT2D eigenvalue weighted by atomic mass is 19.4. The van der Waals surface area contributed by atoms with Crippen LogP contribution in [0.5, 0.6) is 0 Å². The van der Waals surface area contributed by atoms with Gasteiger partial charge in [-0.2, -0.15) is 13.2 Å². The van der Waals surface area contributed by atoms with Gasteiger partial charge in [0, 0.05) is 0 Å². The molecule has 0 rings (SSSR count). The van der Waals surface area contributed by atoms with Gasteiger partial charge in [0.25, 0.3) is 0 Å². The van der Waals surface area contributed by atoms with Crippen molar-refractivity contribution in [2.45, 2.75) is 19.3 Å². The first kappa shape index (κ1) is 10.2. The molecular formula is C5H8F3NO2. The minimum absolute atomic E-state index is 0.942. The van der Waals surface area contributed by atoms with Crippen molar-refractivity contribution < 1.29 is 22.7 Å². The molecule has 0 aliphatic carbocycles. The van der Waals surface area contributed by atoms with Crippen LogP contribution in [0.3, 0.4) is 0 Å². The fourth-order valence-corrected chi connectivity index (χ4v) is 0.481. The largest absolute Gasteiger partial charge is 0.468 e. The van der Waals surface area contributed by atoms with Crippen LogP contribution in [-0.4, -0.2) is 25.4 Å². The first-order chi connectivity index (χ1) is 4.87. The van der Waals surface area contributed by atoms with E-state index in [0.29, 0.717) is 0 Å². The van der Waals surface area contributed by atoms with Gasteiger partial charge in [0.05, 0.1) is 7.11 Å². The molecule has 0 saturated carbocycles. The van der Waals surface area contributed by atoms with E-state index in [0.717, 1.165) is 19.4 Å². The molecule has 0 saturated heterocycles. The zero-order valence-corrected chi connectivity index (χ0v) is 6.03. The first-order valence-corrected chi connectivity index (χ1v) is 2.79. The standard InChI is InChI=1S/C5H8F3NO2/c1-3(4(10)11-2)9-5(6,7)8/h3,9H,1-2H3/t3-/m0/s1. The molecule has 0 unspecified atom stereocenters. The van der Waals surface area contributed by atoms with Crippen LogP contribution in [0.2, 0.25) is 0 Å². The number of carbonyl (C=O) groups is 1. The van der Waals surface area contributed by atoms with Gasteiger partial charge in [0.15, 0.2) is 0 Å². The molecule has 0 aliphatic heterocycles. The molecule has 0 aromatic rings. The Morgan fingerprint density at radius 3 is 2.27 bits per heavy atom. The summed E-state index contributed by atoms with van der Waals surface area (Å²) in [7, 11) is 1.02. The van der Waals surface area contributed by atoms with E-state index in [1.807, 2.05) is 0 Å². The second-order valence-electron chi connectivity index (χ2n) is 1.89. The Bertz CT molecular complexity index is 145. The number of methoxy groups -OCH3 is 1. The highest BCUT2D eigenvalue weighted by Gasteiger charge is 2.32. The van der Waals surface area contributed by atoms with Crippen LogP contribution < -0.4 is 5.32 Å². The molecule has 0 spiro atoms. The van der Waals surface area contributed by atoms with Crippen molar-refractivity contribution in [2.24, 2.45) is 0 Å². The SMILES string of the molecule is COC(=O)[C@H](C)NC(F)(F)F. The lowest BCUT2D eigenvalue weighted by Crippen LogP contribution is -2.43. The van der Waals surface area contributed by atoms with Crippen molar-refractivity contribution in [3.05, 3.63) is 0 Å². The monoisotopic (exact) mass is 171 g/mol. The van der Waals surface area contributed by atoms with Gasteiger partial charge < -0.3 is 4.74 Å². The highest BCUT2D eigenvalue weighted by molar-refractivity contribution is 5.75. The molecule has 0 aliphatic rings. The zero-order chi connectivity index (χ0) is 9.07. The Kier molecular flexibility index (Phi) is 3.31. The van der Waals surface area contributed by atoms with Crippen LogP contribution in [0.1, 0.15) is 6.92 Å². The van der Waals surface area contributed by atoms with Gasteiger partial charge in [0.2, 0.25) is 0 Å². The first-order valence-electron chi connectivity index (χ1n) is 2.79. The predicted octanol–water partition coefficient (Wildman–Crippen LogP) is 0.657. The van der Waals surface area contributed by atoms with E-state index in [-0.39, 0.29) is 0 Å². The molecule has 0 aromatic carbocycles. The molecule has 11 heavy (non-hydrogen) atoms. The molecule has 66 valence electrons. The summed E-state index contributed by atoms with van der Waals surface area (Å²) in [5.41, 5.74) is 0. The summed E-state index contributed by atoms with van der Waals surface area (Å²) < 4.78 is 38.5. The molecule has 0 amide bonds. The van der Waals surface area contributed by atoms with Crippen LogP contribution in [0, 0.1) is 0 Å². The van der Waals surface area contributed by atoms with Crippen molar-refractivity contribution in [1.29, 1.82) is 0 Å². The second-order valence-corrected chi connectivity index (χ2v) is 1.89. The van der Waals surface area contributed by atoms with E-state index in [2.05, 4.69) is 4.74 Å². The fourth-order valence-electron chi connectivity index (χ4n) is 0.481. The Morgan fingerprint density at radius 1 is 1.55 bits per heavy atom. The Balaban J connectivity index is 3.87. The van der Waals surface area contributed by atoms with Gasteiger partial charge in [-0.25, -0.2) is 5.32 Å². The van der Waals surface area contributed by atoms with E-state index >= 15 is 0 Å². The van der Waals surface area contributed by atoms with Gasteiger partial charge in [-0.1, -0.05) is 0 Å². The summed E-state index contributed by atoms with van der Waals surface area (Å²) >= 11 is 0. The summed E-state index contributed by atoms with van der Waals surface area (Å²) in [6.07, 6.45) is -4.55. The van der Waals surface area contributed by atoms with Crippen LogP contribution in [0.4, 0.5) is 13.2 Å². The smallest absolute Gasteiger partial charge is 0.457 e. The Morgan fingerprint density at radius 2 is 2.00 bits per heavy atom. The lowest BCUT2D eigenvalue weighted by molar-refractivity contribution is -0.174. The number of halogens is 3. The molecule has 0 fully saturated rings. The number of hydrogen-bond acceptors (Lipinski definition) is 3. The maximum absolute atomic E-state index is 11.5. The molecular weight excluding hydrogens is 163 g/mol. The van der Waals surface area contributed by atoms with E-state index < -0.39 is 18.3 Å². The molecule has 0 radical (unpaired) electrons. The Hall–Kier alpha value is -0.780. The van der Waals surface area contributed by atoms with E-state index in [4.69, 9.17) is 0 Å². The number of alkyl halides is 3. The fraction of sp³-hybridized carbons (Fsp3) is 0.800. The van der Waals surface area contributed by atoms with E-state index in [9.17, 15) is 18.0 Å². The summed E-state index contributed by atoms with van der Waals surface area (Å²) in [6.45, 7) is 1.07. The van der Waals surface area contributed by atoms with Gasteiger partial charge in [-0.05, 0) is 6.92 Å². The second kappa shape index (κ2) is 3.56. The lowest BCUT2D eigenvalue weighted by Gasteiger charge is -2.13. The average molecular weight is 171 g/mol. The highest BCUT2D eigenvalue weighted by Crippen LogP contribution is 2.10. The maximum atomic E-state index is 11.5. The van der Waals surface area contributed by atoms with Gasteiger partial charge in [-0.3, -0.25) is 4.79 Å². The predicted molar refractivity (Wildman–Crippen MR) is 30.7 cm³/mol. The average Bonchev–Trinajstić information content (AvgIpc) is 1.82. The molecule has 0 bridgehead atoms. The molecule has 0 heterocycles. The summed E-state index contributed by atoms with van der Waals surface area (Å²) in [5, 5.41) is 1.10. The van der Waals surface area contributed by atoms with E-state index in [1.165, 1.54) is 0 Å². The van der Waals surface area contributed by atoms with Crippen molar-refractivity contribution >= 4 is 5.97 Å². The minimum Gasteiger partial charge on any atom is -0.468 e. The van der Waals surface area contributed by atoms with Crippen molar-refractivity contribution in [1.82, 2.24) is 5.32 Å². The molecule has 3 nitrogen and oxygen atoms in total. The minimum atomic E-state index is -4.55. The number of nitrogens with one attached hydrogen (secondary N) is 1. The number of rotatable bonds is 2. The van der Waals surface area contributed by atoms with Crippen LogP contribution >= 0.6 is 0 Å². The quantitative estimate of drug-likeness (QED) is 0.490. The van der Waals surface area contributed by atoms with Crippen molar-refractivity contribution in [2.75, 3.05) is 7.11 Å². The summed E-state index contributed by atoms with van der Waals surface area (Å²) in [6, 6.07) is -1.36. The van der Waals surface area contributed by atoms with Gasteiger partial charge >= 0.3 is 12.3 Å². The van der Waals surface area contributed by atoms with Crippen LogP contribution in [-0.2, 0) is 9.53 Å². The summed E-state index contributed by atoms with van der Waals surface area (Å²) in [4.78, 5) is 10.4.